The molecule has 0 aromatic heterocycles. The Morgan fingerprint density at radius 3 is 2.50 bits per heavy atom. The zero-order chi connectivity index (χ0) is 13.2. The van der Waals surface area contributed by atoms with Crippen molar-refractivity contribution < 1.29 is 13.2 Å². The molecule has 4 nitrogen and oxygen atoms in total. The summed E-state index contributed by atoms with van der Waals surface area (Å²) in [5.41, 5.74) is 0.893. The van der Waals surface area contributed by atoms with Crippen LogP contribution in [0, 0.1) is 0 Å². The largest absolute Gasteiger partial charge is 0.467 e. The number of hydrogen-bond acceptors (Lipinski definition) is 3. The second kappa shape index (κ2) is 5.02. The first-order chi connectivity index (χ1) is 8.52. The second-order valence-corrected chi connectivity index (χ2v) is 6.20. The summed E-state index contributed by atoms with van der Waals surface area (Å²) >= 11 is 0. The Kier molecular flexibility index (Phi) is 3.61. The molecule has 18 heavy (non-hydrogen) atoms. The van der Waals surface area contributed by atoms with E-state index < -0.39 is 16.3 Å². The molecule has 0 saturated carbocycles. The molecule has 1 aliphatic heterocycles. The van der Waals surface area contributed by atoms with E-state index in [-0.39, 0.29) is 0 Å². The average Bonchev–Trinajstić information content (AvgIpc) is 2.75. The van der Waals surface area contributed by atoms with Crippen LogP contribution in [0.4, 0.5) is 0 Å². The van der Waals surface area contributed by atoms with Gasteiger partial charge in [0.05, 0.1) is 12.5 Å². The van der Waals surface area contributed by atoms with Gasteiger partial charge in [0, 0.05) is 12.0 Å². The van der Waals surface area contributed by atoms with Crippen molar-refractivity contribution in [2.45, 2.75) is 26.0 Å². The van der Waals surface area contributed by atoms with Crippen LogP contribution in [0.2, 0.25) is 0 Å². The zero-order valence-electron chi connectivity index (χ0n) is 10.5. The van der Waals surface area contributed by atoms with E-state index in [1.165, 1.54) is 10.6 Å². The Morgan fingerprint density at radius 2 is 1.94 bits per heavy atom. The van der Waals surface area contributed by atoms with Gasteiger partial charge in [-0.25, -0.2) is 12.7 Å². The van der Waals surface area contributed by atoms with Crippen molar-refractivity contribution in [1.82, 2.24) is 4.31 Å². The minimum absolute atomic E-state index is 0.416. The lowest BCUT2D eigenvalue weighted by atomic mass is 10.2. The molecule has 0 aliphatic carbocycles. The molecular formula is C13H17NO3S. The molecule has 5 heteroatoms. The molecule has 1 aromatic rings. The van der Waals surface area contributed by atoms with Crippen molar-refractivity contribution in [3.8, 4) is 0 Å². The lowest BCUT2D eigenvalue weighted by Gasteiger charge is -2.21. The average molecular weight is 267 g/mol. The van der Waals surface area contributed by atoms with Gasteiger partial charge in [0.25, 0.3) is 0 Å². The molecule has 0 unspecified atom stereocenters. The summed E-state index contributed by atoms with van der Waals surface area (Å²) in [6.07, 6.45) is 3.90. The minimum atomic E-state index is -3.28. The highest BCUT2D eigenvalue weighted by Crippen LogP contribution is 2.30. The third-order valence-corrected chi connectivity index (χ3v) is 3.87. The molecule has 2 rings (SSSR count). The van der Waals surface area contributed by atoms with E-state index in [0.29, 0.717) is 12.2 Å². The van der Waals surface area contributed by atoms with E-state index in [1.54, 1.807) is 6.20 Å². The predicted octanol–water partition coefficient (Wildman–Crippen LogP) is 2.40. The maximum atomic E-state index is 11.7. The van der Waals surface area contributed by atoms with Crippen LogP contribution in [0.15, 0.2) is 36.5 Å². The van der Waals surface area contributed by atoms with Crippen molar-refractivity contribution >= 4 is 15.8 Å². The maximum Gasteiger partial charge on any atom is 0.234 e. The van der Waals surface area contributed by atoms with Crippen LogP contribution in [0.1, 0.15) is 25.3 Å². The molecule has 0 fully saturated rings. The normalized spacial score (nSPS) is 19.6. The van der Waals surface area contributed by atoms with E-state index in [0.717, 1.165) is 12.0 Å². The fourth-order valence-corrected chi connectivity index (χ4v) is 2.78. The van der Waals surface area contributed by atoms with Crippen LogP contribution >= 0.6 is 0 Å². The molecule has 0 amide bonds. The van der Waals surface area contributed by atoms with Crippen LogP contribution in [0.3, 0.4) is 0 Å². The Balaban J connectivity index is 2.30. The van der Waals surface area contributed by atoms with Gasteiger partial charge in [-0.15, -0.1) is 0 Å². The molecule has 1 aliphatic rings. The van der Waals surface area contributed by atoms with Crippen LogP contribution in [-0.4, -0.2) is 25.2 Å². The van der Waals surface area contributed by atoms with Crippen molar-refractivity contribution in [3.05, 3.63) is 42.1 Å². The zero-order valence-corrected chi connectivity index (χ0v) is 11.4. The molecular weight excluding hydrogens is 250 g/mol. The second-order valence-electron chi connectivity index (χ2n) is 4.31. The first-order valence-electron chi connectivity index (χ1n) is 5.95. The standard InChI is InChI=1S/C13H17NO3S/c1-3-7-13-14(18(2,15)16)10-12(17-13)11-8-5-4-6-9-11/h4-6,8-10,13H,3,7H2,1-2H3/t13-/m1/s1. The predicted molar refractivity (Wildman–Crippen MR) is 70.9 cm³/mol. The van der Waals surface area contributed by atoms with Gasteiger partial charge in [0.15, 0.2) is 6.23 Å². The van der Waals surface area contributed by atoms with Crippen molar-refractivity contribution in [2.24, 2.45) is 0 Å². The monoisotopic (exact) mass is 267 g/mol. The summed E-state index contributed by atoms with van der Waals surface area (Å²) in [6.45, 7) is 2.00. The SMILES string of the molecule is CCC[C@H]1OC(c2ccccc2)=CN1S(C)(=O)=O. The van der Waals surface area contributed by atoms with Gasteiger partial charge in [-0.3, -0.25) is 0 Å². The van der Waals surface area contributed by atoms with Crippen LogP contribution in [0.5, 0.6) is 0 Å². The Hall–Kier alpha value is -1.49. The molecule has 0 saturated heterocycles. The summed E-state index contributed by atoms with van der Waals surface area (Å²) in [5, 5.41) is 0. The molecule has 1 aromatic carbocycles. The Bertz CT molecular complexity index is 537. The van der Waals surface area contributed by atoms with E-state index in [4.69, 9.17) is 4.74 Å². The highest BCUT2D eigenvalue weighted by molar-refractivity contribution is 7.88. The summed E-state index contributed by atoms with van der Waals surface area (Å²) in [4.78, 5) is 0. The van der Waals surface area contributed by atoms with E-state index in [9.17, 15) is 8.42 Å². The van der Waals surface area contributed by atoms with Gasteiger partial charge in [-0.05, 0) is 0 Å². The van der Waals surface area contributed by atoms with Gasteiger partial charge in [-0.2, -0.15) is 0 Å². The summed E-state index contributed by atoms with van der Waals surface area (Å²) in [6, 6.07) is 9.52. The van der Waals surface area contributed by atoms with Gasteiger partial charge < -0.3 is 4.74 Å². The van der Waals surface area contributed by atoms with Crippen LogP contribution in [0.25, 0.3) is 5.76 Å². The minimum Gasteiger partial charge on any atom is -0.467 e. The van der Waals surface area contributed by atoms with Gasteiger partial charge in [-0.1, -0.05) is 43.7 Å². The number of hydrogen-bond donors (Lipinski definition) is 0. The summed E-state index contributed by atoms with van der Waals surface area (Å²) in [7, 11) is -3.28. The van der Waals surface area contributed by atoms with Crippen LogP contribution in [-0.2, 0) is 14.8 Å². The topological polar surface area (TPSA) is 46.6 Å². The van der Waals surface area contributed by atoms with Gasteiger partial charge in [0.2, 0.25) is 10.0 Å². The Labute approximate surface area is 108 Å². The van der Waals surface area contributed by atoms with Crippen molar-refractivity contribution in [3.63, 3.8) is 0 Å². The summed E-state index contributed by atoms with van der Waals surface area (Å²) in [5.74, 6) is 0.611. The lowest BCUT2D eigenvalue weighted by Crippen LogP contribution is -2.32. The number of sulfonamides is 1. The fourth-order valence-electron chi connectivity index (χ4n) is 1.92. The number of nitrogens with zero attached hydrogens (tertiary/aromatic N) is 1. The maximum absolute atomic E-state index is 11.7. The molecule has 0 radical (unpaired) electrons. The van der Waals surface area contributed by atoms with E-state index in [2.05, 4.69) is 0 Å². The number of rotatable bonds is 4. The van der Waals surface area contributed by atoms with Crippen LogP contribution < -0.4 is 0 Å². The highest BCUT2D eigenvalue weighted by atomic mass is 32.2. The molecule has 0 N–H and O–H groups in total. The van der Waals surface area contributed by atoms with Crippen molar-refractivity contribution in [1.29, 1.82) is 0 Å². The summed E-state index contributed by atoms with van der Waals surface area (Å²) < 4.78 is 30.4. The first kappa shape index (κ1) is 13.0. The molecule has 1 atom stereocenters. The van der Waals surface area contributed by atoms with Crippen molar-refractivity contribution in [2.75, 3.05) is 6.26 Å². The van der Waals surface area contributed by atoms with Gasteiger partial charge in [0.1, 0.15) is 5.76 Å². The first-order valence-corrected chi connectivity index (χ1v) is 7.79. The molecule has 1 heterocycles. The lowest BCUT2D eigenvalue weighted by molar-refractivity contribution is 0.108. The number of ether oxygens (including phenoxy) is 1. The molecule has 0 spiro atoms. The third kappa shape index (κ3) is 2.67. The smallest absolute Gasteiger partial charge is 0.234 e. The number of benzene rings is 1. The third-order valence-electron chi connectivity index (χ3n) is 2.77. The van der Waals surface area contributed by atoms with E-state index >= 15 is 0 Å². The quantitative estimate of drug-likeness (QED) is 0.841. The van der Waals surface area contributed by atoms with E-state index in [1.807, 2.05) is 37.3 Å². The van der Waals surface area contributed by atoms with Gasteiger partial charge >= 0.3 is 0 Å². The Morgan fingerprint density at radius 1 is 1.28 bits per heavy atom. The molecule has 98 valence electrons. The molecule has 0 bridgehead atoms. The highest BCUT2D eigenvalue weighted by Gasteiger charge is 2.31. The fraction of sp³-hybridized carbons (Fsp3) is 0.385.